The monoisotopic (exact) mass is 955 g/mol. The Morgan fingerprint density at radius 3 is 0.847 bits per heavy atom. The Morgan fingerprint density at radius 2 is 0.542 bits per heavy atom. The summed E-state index contributed by atoms with van der Waals surface area (Å²) in [5.41, 5.74) is 14.6. The second kappa shape index (κ2) is 11.7. The highest BCUT2D eigenvalue weighted by Crippen LogP contribution is 2.70. The molecule has 7 aromatic rings. The summed E-state index contributed by atoms with van der Waals surface area (Å²) in [6.45, 7) is 28.4. The van der Waals surface area contributed by atoms with Crippen molar-refractivity contribution in [1.29, 1.82) is 0 Å². The predicted octanol–water partition coefficient (Wildman–Crippen LogP) is 10.7. The Bertz CT molecular complexity index is 3770. The van der Waals surface area contributed by atoms with Gasteiger partial charge in [0.05, 0.1) is 45.6 Å². The number of hydrogen-bond acceptors (Lipinski definition) is 14. The van der Waals surface area contributed by atoms with Crippen molar-refractivity contribution in [3.8, 4) is 46.1 Å². The average Bonchev–Trinajstić information content (AvgIpc) is 4.25. The minimum Gasteiger partial charge on any atom is -0.321 e. The molecule has 0 spiro atoms. The molecule has 0 unspecified atom stereocenters. The highest BCUT2D eigenvalue weighted by Gasteiger charge is 2.65. The molecule has 72 heavy (non-hydrogen) atoms. The maximum Gasteiger partial charge on any atom is 0.184 e. The molecule has 362 valence electrons. The summed E-state index contributed by atoms with van der Waals surface area (Å²) >= 11 is 0. The van der Waals surface area contributed by atoms with Gasteiger partial charge in [-0.1, -0.05) is 83.1 Å². The van der Waals surface area contributed by atoms with Crippen LogP contribution in [-0.4, -0.2) is 79.7 Å². The molecule has 16 heteroatoms. The van der Waals surface area contributed by atoms with Crippen LogP contribution >= 0.6 is 0 Å². The SMILES string of the molecule is CC1(C)[C@H]2CC[C@]1(C)c1nc3c(nc12)-c1nc-3nc2[nH]c(nc3nc(nc4[nH]c(n1)c1nc5c(nc41)[C@@H]1CC[C@@]5(C)C1(C)C)-c1nc4c(nc1-3)[C@@H]1CC[C@@]4(C)C1(C)C)c1nc3c(nc21)[C@@H]1CC[C@@]3(C)C1(C)C. The molecule has 8 aliphatic carbocycles. The van der Waals surface area contributed by atoms with Crippen LogP contribution in [0.15, 0.2) is 0 Å². The number of rotatable bonds is 0. The van der Waals surface area contributed by atoms with E-state index in [-0.39, 0.29) is 67.0 Å². The van der Waals surface area contributed by atoms with E-state index in [2.05, 4.69) is 93.1 Å². The van der Waals surface area contributed by atoms with Crippen molar-refractivity contribution >= 4 is 44.7 Å². The predicted molar refractivity (Wildman–Crippen MR) is 271 cm³/mol. The van der Waals surface area contributed by atoms with E-state index in [0.717, 1.165) is 96.9 Å². The quantitative estimate of drug-likeness (QED) is 0.145. The van der Waals surface area contributed by atoms with E-state index >= 15 is 0 Å². The van der Waals surface area contributed by atoms with E-state index in [9.17, 15) is 0 Å². The van der Waals surface area contributed by atoms with Crippen LogP contribution in [0.5, 0.6) is 0 Å². The normalized spacial score (nSPS) is 32.9. The van der Waals surface area contributed by atoms with E-state index < -0.39 is 0 Å². The lowest BCUT2D eigenvalue weighted by atomic mass is 9.70. The fourth-order valence-corrected chi connectivity index (χ4v) is 17.2. The molecule has 4 fully saturated rings. The Hall–Kier alpha value is -6.32. The molecule has 17 rings (SSSR count). The van der Waals surface area contributed by atoms with Gasteiger partial charge in [0.15, 0.2) is 45.9 Å². The molecule has 9 heterocycles. The number of aromatic nitrogens is 16. The van der Waals surface area contributed by atoms with Crippen molar-refractivity contribution in [1.82, 2.24) is 79.7 Å². The van der Waals surface area contributed by atoms with Crippen LogP contribution < -0.4 is 0 Å². The van der Waals surface area contributed by atoms with Crippen LogP contribution in [0, 0.1) is 21.7 Å². The lowest BCUT2D eigenvalue weighted by Gasteiger charge is -2.34. The summed E-state index contributed by atoms with van der Waals surface area (Å²) < 4.78 is 0. The molecule has 0 radical (unpaired) electrons. The van der Waals surface area contributed by atoms with Crippen molar-refractivity contribution in [2.24, 2.45) is 21.7 Å². The van der Waals surface area contributed by atoms with Crippen molar-refractivity contribution in [2.45, 2.75) is 180 Å². The number of nitrogens with one attached hydrogen (secondary N) is 2. The molecule has 2 N–H and O–H groups in total. The molecule has 10 aliphatic rings. The summed E-state index contributed by atoms with van der Waals surface area (Å²) in [6.07, 6.45) is 8.47. The molecular weight excluding hydrogens is 897 g/mol. The third-order valence-electron chi connectivity index (χ3n) is 23.5. The topological polar surface area (TPSA) is 212 Å². The lowest BCUT2D eigenvalue weighted by Crippen LogP contribution is -2.32. The minimum atomic E-state index is -0.149. The Kier molecular flexibility index (Phi) is 6.70. The number of fused-ring (bicyclic) bond motifs is 40. The van der Waals surface area contributed by atoms with Gasteiger partial charge in [0.2, 0.25) is 0 Å². The molecular formula is C56H58N16. The van der Waals surface area contributed by atoms with Gasteiger partial charge in [-0.3, -0.25) is 0 Å². The van der Waals surface area contributed by atoms with Crippen LogP contribution in [0.25, 0.3) is 90.7 Å². The summed E-state index contributed by atoms with van der Waals surface area (Å²) in [6, 6.07) is 0. The zero-order chi connectivity index (χ0) is 49.1. The fraction of sp³-hybridized carbons (Fsp3) is 0.571. The van der Waals surface area contributed by atoms with Gasteiger partial charge in [0, 0.05) is 45.3 Å². The average molecular weight is 955 g/mol. The first-order chi connectivity index (χ1) is 34.1. The highest BCUT2D eigenvalue weighted by atomic mass is 15.1. The van der Waals surface area contributed by atoms with Crippen molar-refractivity contribution in [3.63, 3.8) is 0 Å². The van der Waals surface area contributed by atoms with Gasteiger partial charge < -0.3 is 9.97 Å². The first-order valence-electron chi connectivity index (χ1n) is 26.6. The molecule has 7 aromatic heterocycles. The number of nitrogens with zero attached hydrogens (tertiary/aromatic N) is 14. The molecule has 8 atom stereocenters. The minimum absolute atomic E-state index is 0.0173. The zero-order valence-electron chi connectivity index (χ0n) is 43.2. The van der Waals surface area contributed by atoms with Gasteiger partial charge in [-0.05, 0) is 73.0 Å². The number of hydrogen-bond donors (Lipinski definition) is 2. The Balaban J connectivity index is 1.02. The summed E-state index contributed by atoms with van der Waals surface area (Å²) in [5, 5.41) is 0. The molecule has 16 nitrogen and oxygen atoms in total. The summed E-state index contributed by atoms with van der Waals surface area (Å²) in [4.78, 5) is 84.1. The van der Waals surface area contributed by atoms with Crippen molar-refractivity contribution in [3.05, 3.63) is 45.6 Å². The van der Waals surface area contributed by atoms with E-state index in [1.165, 1.54) is 0 Å². The molecule has 16 bridgehead atoms. The molecule has 0 aromatic carbocycles. The van der Waals surface area contributed by atoms with Gasteiger partial charge in [-0.25, -0.2) is 69.8 Å². The first-order valence-corrected chi connectivity index (χ1v) is 26.6. The smallest absolute Gasteiger partial charge is 0.184 e. The second-order valence-electron chi connectivity index (χ2n) is 26.8. The van der Waals surface area contributed by atoms with E-state index in [1.807, 2.05) is 0 Å². The van der Waals surface area contributed by atoms with Crippen LogP contribution in [-0.2, 0) is 21.7 Å². The standard InChI is InChI=1S/C56H58N16/c1-49(2)21-13-17-53(49,9)37-25(21)57-29-33(61-37)45-65-41(29)69-46-34-31(59-27-23-15-18-54(10,38(27)62-34)51(23,5)6)43(67-46)71-48-36-32(60-28-24-16-20-56(12,40(28)64-36)52(24,7)8)44(68-48)72-47-35-30(42(66-47)70-45)58-26-22-14-19-55(11,39(26)63-35)50(22,3)4/h21-24H,13-20H2,1-12H3,(H2,65,66,67,68,69,70,71,72)/t21-,22-,23-,24-,53+,54+,55+,56+/m0/s1. The van der Waals surface area contributed by atoms with Crippen molar-refractivity contribution < 1.29 is 0 Å². The number of H-pyrrole nitrogens is 2. The fourth-order valence-electron chi connectivity index (χ4n) is 17.2. The maximum atomic E-state index is 5.58. The Morgan fingerprint density at radius 1 is 0.292 bits per heavy atom. The van der Waals surface area contributed by atoms with E-state index in [1.54, 1.807) is 0 Å². The molecule has 0 amide bonds. The third-order valence-corrected chi connectivity index (χ3v) is 23.5. The van der Waals surface area contributed by atoms with E-state index in [0.29, 0.717) is 90.7 Å². The zero-order valence-corrected chi connectivity index (χ0v) is 43.2. The highest BCUT2D eigenvalue weighted by molar-refractivity contribution is 6.01. The molecule has 4 saturated carbocycles. The van der Waals surface area contributed by atoms with Gasteiger partial charge in [-0.2, -0.15) is 0 Å². The van der Waals surface area contributed by atoms with Crippen LogP contribution in [0.1, 0.15) is 204 Å². The van der Waals surface area contributed by atoms with Gasteiger partial charge in [-0.15, -0.1) is 0 Å². The summed E-state index contributed by atoms with van der Waals surface area (Å²) in [5.74, 6) is 2.72. The summed E-state index contributed by atoms with van der Waals surface area (Å²) in [7, 11) is 0. The van der Waals surface area contributed by atoms with Crippen LogP contribution in [0.3, 0.4) is 0 Å². The number of aromatic amines is 2. The molecule has 2 aliphatic heterocycles. The van der Waals surface area contributed by atoms with Gasteiger partial charge in [0.1, 0.15) is 44.8 Å². The van der Waals surface area contributed by atoms with Crippen LogP contribution in [0.4, 0.5) is 0 Å². The van der Waals surface area contributed by atoms with Crippen LogP contribution in [0.2, 0.25) is 0 Å². The lowest BCUT2D eigenvalue weighted by molar-refractivity contribution is 0.227. The van der Waals surface area contributed by atoms with Gasteiger partial charge in [0.25, 0.3) is 0 Å². The van der Waals surface area contributed by atoms with E-state index in [4.69, 9.17) is 69.8 Å². The van der Waals surface area contributed by atoms with Crippen molar-refractivity contribution in [2.75, 3.05) is 0 Å². The second-order valence-corrected chi connectivity index (χ2v) is 26.8. The Labute approximate surface area is 415 Å². The largest absolute Gasteiger partial charge is 0.321 e. The first kappa shape index (κ1) is 41.2. The maximum absolute atomic E-state index is 5.58. The molecule has 0 saturated heterocycles. The van der Waals surface area contributed by atoms with Gasteiger partial charge >= 0.3 is 0 Å². The third kappa shape index (κ3) is 4.14.